The van der Waals surface area contributed by atoms with Gasteiger partial charge in [-0.15, -0.1) is 12.4 Å². The molecule has 2 N–H and O–H groups in total. The minimum Gasteiger partial charge on any atom is -0.497 e. The molecular weight excluding hydrogens is 406 g/mol. The highest BCUT2D eigenvalue weighted by molar-refractivity contribution is 6.01. The van der Waals surface area contributed by atoms with Gasteiger partial charge in [-0.2, -0.15) is 0 Å². The maximum atomic E-state index is 13.0. The fourth-order valence-electron chi connectivity index (χ4n) is 3.55. The minimum atomic E-state index is -0.511. The van der Waals surface area contributed by atoms with Crippen molar-refractivity contribution in [2.45, 2.75) is 24.9 Å². The first-order valence-corrected chi connectivity index (χ1v) is 9.55. The van der Waals surface area contributed by atoms with E-state index in [1.807, 2.05) is 30.3 Å². The van der Waals surface area contributed by atoms with Crippen LogP contribution in [-0.4, -0.2) is 50.6 Å². The first-order chi connectivity index (χ1) is 13.9. The highest BCUT2D eigenvalue weighted by atomic mass is 35.5. The Labute approximate surface area is 183 Å². The first kappa shape index (κ1) is 23.5. The van der Waals surface area contributed by atoms with Crippen LogP contribution in [0, 0.1) is 0 Å². The molecule has 0 aliphatic carbocycles. The maximum absolute atomic E-state index is 13.0. The van der Waals surface area contributed by atoms with Crippen molar-refractivity contribution in [3.05, 3.63) is 54.1 Å². The number of methoxy groups -OCH3 is 2. The van der Waals surface area contributed by atoms with Crippen LogP contribution >= 0.6 is 12.4 Å². The van der Waals surface area contributed by atoms with Crippen LogP contribution in [0.5, 0.6) is 11.5 Å². The largest absolute Gasteiger partial charge is 0.497 e. The normalized spacial score (nSPS) is 16.6. The lowest BCUT2D eigenvalue weighted by Crippen LogP contribution is -2.43. The standard InChI is InChI=1S/C22H27N3O4.ClH/c1-24(21(26)14-19(23)15-7-5-4-6-8-15)20-9-10-25(22(20)27)16-11-17(28-2)13-18(12-16)29-3;/h4-8,11-13,19-20H,9-10,14,23H2,1-3H3;1H. The summed E-state index contributed by atoms with van der Waals surface area (Å²) in [7, 11) is 4.80. The van der Waals surface area contributed by atoms with Crippen LogP contribution in [0.25, 0.3) is 0 Å². The van der Waals surface area contributed by atoms with Gasteiger partial charge in [0.15, 0.2) is 0 Å². The van der Waals surface area contributed by atoms with Gasteiger partial charge in [0.25, 0.3) is 0 Å². The topological polar surface area (TPSA) is 85.1 Å². The van der Waals surface area contributed by atoms with Crippen molar-refractivity contribution in [1.82, 2.24) is 4.90 Å². The number of carbonyl (C=O) groups excluding carboxylic acids is 2. The van der Waals surface area contributed by atoms with E-state index >= 15 is 0 Å². The van der Waals surface area contributed by atoms with Crippen molar-refractivity contribution in [2.75, 3.05) is 32.7 Å². The summed E-state index contributed by atoms with van der Waals surface area (Å²) in [6.45, 7) is 0.516. The van der Waals surface area contributed by atoms with Crippen LogP contribution in [-0.2, 0) is 9.59 Å². The summed E-state index contributed by atoms with van der Waals surface area (Å²) in [6.07, 6.45) is 0.707. The van der Waals surface area contributed by atoms with Gasteiger partial charge < -0.3 is 25.0 Å². The minimum absolute atomic E-state index is 0. The van der Waals surface area contributed by atoms with Gasteiger partial charge in [-0.25, -0.2) is 0 Å². The second-order valence-corrected chi connectivity index (χ2v) is 7.09. The van der Waals surface area contributed by atoms with E-state index in [0.717, 1.165) is 5.56 Å². The third kappa shape index (κ3) is 5.04. The Bertz CT molecular complexity index is 856. The van der Waals surface area contributed by atoms with Crippen LogP contribution in [0.2, 0.25) is 0 Å². The van der Waals surface area contributed by atoms with Gasteiger partial charge in [-0.3, -0.25) is 9.59 Å². The molecule has 2 aromatic rings. The molecule has 8 heteroatoms. The molecule has 1 aliphatic heterocycles. The van der Waals surface area contributed by atoms with E-state index in [-0.39, 0.29) is 30.6 Å². The third-order valence-electron chi connectivity index (χ3n) is 5.31. The number of benzene rings is 2. The van der Waals surface area contributed by atoms with Gasteiger partial charge in [0.1, 0.15) is 17.5 Å². The number of hydrogen-bond acceptors (Lipinski definition) is 5. The molecule has 1 fully saturated rings. The van der Waals surface area contributed by atoms with E-state index in [1.54, 1.807) is 44.4 Å². The Morgan fingerprint density at radius 1 is 1.17 bits per heavy atom. The van der Waals surface area contributed by atoms with E-state index < -0.39 is 12.1 Å². The second-order valence-electron chi connectivity index (χ2n) is 7.09. The van der Waals surface area contributed by atoms with Crippen LogP contribution in [0.4, 0.5) is 5.69 Å². The Morgan fingerprint density at radius 2 is 1.77 bits per heavy atom. The van der Waals surface area contributed by atoms with Crippen molar-refractivity contribution in [1.29, 1.82) is 0 Å². The van der Waals surface area contributed by atoms with Gasteiger partial charge in [-0.1, -0.05) is 30.3 Å². The number of anilines is 1. The predicted octanol–water partition coefficient (Wildman–Crippen LogP) is 2.78. The molecule has 0 bridgehead atoms. The number of hydrogen-bond donors (Lipinski definition) is 1. The average molecular weight is 434 g/mol. The van der Waals surface area contributed by atoms with Crippen molar-refractivity contribution in [3.63, 3.8) is 0 Å². The number of nitrogens with two attached hydrogens (primary N) is 1. The summed E-state index contributed by atoms with van der Waals surface area (Å²) in [6, 6.07) is 13.9. The molecule has 2 amide bonds. The van der Waals surface area contributed by atoms with E-state index in [0.29, 0.717) is 30.2 Å². The number of nitrogens with zero attached hydrogens (tertiary/aromatic N) is 2. The summed E-state index contributed by atoms with van der Waals surface area (Å²) < 4.78 is 10.6. The molecule has 162 valence electrons. The predicted molar refractivity (Wildman–Crippen MR) is 118 cm³/mol. The molecule has 1 aliphatic rings. The SMILES string of the molecule is COc1cc(OC)cc(N2CCC(N(C)C(=O)CC(N)c3ccccc3)C2=O)c1.Cl. The van der Waals surface area contributed by atoms with Gasteiger partial charge in [0.05, 0.1) is 19.9 Å². The highest BCUT2D eigenvalue weighted by Crippen LogP contribution is 2.32. The van der Waals surface area contributed by atoms with Gasteiger partial charge in [0, 0.05) is 44.3 Å². The summed E-state index contributed by atoms with van der Waals surface area (Å²) >= 11 is 0. The van der Waals surface area contributed by atoms with E-state index in [9.17, 15) is 9.59 Å². The highest BCUT2D eigenvalue weighted by Gasteiger charge is 2.37. The van der Waals surface area contributed by atoms with E-state index in [2.05, 4.69) is 0 Å². The molecule has 0 radical (unpaired) electrons. The Morgan fingerprint density at radius 3 is 2.33 bits per heavy atom. The summed E-state index contributed by atoms with van der Waals surface area (Å²) in [5.74, 6) is 0.942. The van der Waals surface area contributed by atoms with Gasteiger partial charge in [0.2, 0.25) is 11.8 Å². The zero-order valence-corrected chi connectivity index (χ0v) is 18.2. The quantitative estimate of drug-likeness (QED) is 0.725. The molecule has 2 atom stereocenters. The zero-order chi connectivity index (χ0) is 21.0. The molecule has 2 unspecified atom stereocenters. The van der Waals surface area contributed by atoms with Crippen molar-refractivity contribution < 1.29 is 19.1 Å². The molecule has 0 saturated carbocycles. The lowest BCUT2D eigenvalue weighted by molar-refractivity contribution is -0.137. The molecule has 0 spiro atoms. The fraction of sp³-hybridized carbons (Fsp3) is 0.364. The van der Waals surface area contributed by atoms with Crippen LogP contribution < -0.4 is 20.1 Å². The molecular formula is C22H28ClN3O4. The number of rotatable bonds is 7. The van der Waals surface area contributed by atoms with E-state index in [1.165, 1.54) is 4.90 Å². The van der Waals surface area contributed by atoms with Gasteiger partial charge >= 0.3 is 0 Å². The van der Waals surface area contributed by atoms with Crippen LogP contribution in [0.15, 0.2) is 48.5 Å². The number of ether oxygens (including phenoxy) is 2. The summed E-state index contributed by atoms with van der Waals surface area (Å²) in [4.78, 5) is 28.9. The van der Waals surface area contributed by atoms with Crippen molar-refractivity contribution in [2.24, 2.45) is 5.73 Å². The van der Waals surface area contributed by atoms with E-state index in [4.69, 9.17) is 15.2 Å². The average Bonchev–Trinajstić information content (AvgIpc) is 3.14. The maximum Gasteiger partial charge on any atom is 0.249 e. The summed E-state index contributed by atoms with van der Waals surface area (Å²) in [5, 5.41) is 0. The third-order valence-corrected chi connectivity index (χ3v) is 5.31. The van der Waals surface area contributed by atoms with Crippen molar-refractivity contribution >= 4 is 29.9 Å². The van der Waals surface area contributed by atoms with Crippen molar-refractivity contribution in [3.8, 4) is 11.5 Å². The van der Waals surface area contributed by atoms with Crippen LogP contribution in [0.3, 0.4) is 0 Å². The molecule has 7 nitrogen and oxygen atoms in total. The monoisotopic (exact) mass is 433 g/mol. The fourth-order valence-corrected chi connectivity index (χ4v) is 3.55. The molecule has 2 aromatic carbocycles. The number of carbonyl (C=O) groups is 2. The Hall–Kier alpha value is -2.77. The Balaban J connectivity index is 0.00000320. The summed E-state index contributed by atoms with van der Waals surface area (Å²) in [5.41, 5.74) is 7.77. The van der Waals surface area contributed by atoms with Gasteiger partial charge in [-0.05, 0) is 12.0 Å². The zero-order valence-electron chi connectivity index (χ0n) is 17.4. The first-order valence-electron chi connectivity index (χ1n) is 9.55. The lowest BCUT2D eigenvalue weighted by atomic mass is 10.0. The molecule has 1 saturated heterocycles. The Kier molecular flexibility index (Phi) is 8.08. The second kappa shape index (κ2) is 10.3. The number of amides is 2. The van der Waals surface area contributed by atoms with Crippen LogP contribution in [0.1, 0.15) is 24.4 Å². The molecule has 0 aromatic heterocycles. The number of halogens is 1. The molecule has 1 heterocycles. The number of likely N-dealkylation sites (N-methyl/N-ethyl adjacent to an activating group) is 1. The molecule has 30 heavy (non-hydrogen) atoms. The lowest BCUT2D eigenvalue weighted by Gasteiger charge is -2.25. The smallest absolute Gasteiger partial charge is 0.249 e. The molecule has 3 rings (SSSR count).